The summed E-state index contributed by atoms with van der Waals surface area (Å²) in [6, 6.07) is 9.52. The van der Waals surface area contributed by atoms with Gasteiger partial charge in [-0.1, -0.05) is 36.8 Å². The van der Waals surface area contributed by atoms with E-state index >= 15 is 0 Å². The van der Waals surface area contributed by atoms with Gasteiger partial charge in [0.2, 0.25) is 0 Å². The largest absolute Gasteiger partial charge is 0.367 e. The molecule has 4 heteroatoms. The number of pyridine rings is 1. The minimum atomic E-state index is -0.277. The minimum Gasteiger partial charge on any atom is -0.367 e. The minimum absolute atomic E-state index is 0.164. The molecule has 2 bridgehead atoms. The molecule has 0 radical (unpaired) electrons. The lowest BCUT2D eigenvalue weighted by molar-refractivity contribution is -0.0841. The van der Waals surface area contributed by atoms with Crippen LogP contribution in [-0.4, -0.2) is 47.9 Å². The molecule has 2 aromatic rings. The Bertz CT molecular complexity index is 1190. The molecule has 2 saturated carbocycles. The van der Waals surface area contributed by atoms with Gasteiger partial charge in [0.05, 0.1) is 11.7 Å². The van der Waals surface area contributed by atoms with E-state index in [1.165, 1.54) is 40.3 Å². The first-order chi connectivity index (χ1) is 17.4. The molecule has 2 aliphatic carbocycles. The second-order valence-electron chi connectivity index (χ2n) is 12.3. The van der Waals surface area contributed by atoms with E-state index in [1.54, 1.807) is 0 Å². The zero-order valence-corrected chi connectivity index (χ0v) is 22.2. The zero-order valence-electron chi connectivity index (χ0n) is 22.2. The predicted octanol–water partition coefficient (Wildman–Crippen LogP) is 7.38. The fourth-order valence-electron chi connectivity index (χ4n) is 8.26. The summed E-state index contributed by atoms with van der Waals surface area (Å²) in [5.74, 6) is 1.08. The molecule has 1 saturated heterocycles. The van der Waals surface area contributed by atoms with Crippen LogP contribution in [0.15, 0.2) is 60.0 Å². The van der Waals surface area contributed by atoms with Gasteiger partial charge in [-0.15, -0.1) is 0 Å². The molecule has 2 aliphatic heterocycles. The van der Waals surface area contributed by atoms with Gasteiger partial charge in [-0.3, -0.25) is 4.98 Å². The van der Waals surface area contributed by atoms with Crippen LogP contribution in [0.2, 0.25) is 0 Å². The van der Waals surface area contributed by atoms with Crippen LogP contribution in [0.4, 0.5) is 4.39 Å². The molecule has 3 nitrogen and oxygen atoms in total. The first-order valence-corrected chi connectivity index (χ1v) is 14.1. The number of fused-ring (bicyclic) bond motifs is 4. The Morgan fingerprint density at radius 2 is 2.03 bits per heavy atom. The van der Waals surface area contributed by atoms with Gasteiger partial charge in [-0.25, -0.2) is 4.39 Å². The summed E-state index contributed by atoms with van der Waals surface area (Å²) in [7, 11) is 2.09. The van der Waals surface area contributed by atoms with E-state index in [0.29, 0.717) is 30.5 Å². The number of aromatic nitrogens is 1. The maximum atomic E-state index is 13.1. The molecular formula is C32H41FN2O. The lowest BCUT2D eigenvalue weighted by atomic mass is 9.66. The van der Waals surface area contributed by atoms with Gasteiger partial charge < -0.3 is 9.64 Å². The number of allylic oxidation sites excluding steroid dienone is 3. The molecule has 192 valence electrons. The molecule has 1 spiro atoms. The van der Waals surface area contributed by atoms with E-state index in [9.17, 15) is 4.39 Å². The van der Waals surface area contributed by atoms with Crippen molar-refractivity contribution in [2.75, 3.05) is 20.3 Å². The third-order valence-electron chi connectivity index (χ3n) is 10.4. The highest BCUT2D eigenvalue weighted by Gasteiger charge is 2.55. The molecule has 3 fully saturated rings. The lowest BCUT2D eigenvalue weighted by Crippen LogP contribution is -2.47. The normalized spacial score (nSPS) is 36.4. The molecule has 36 heavy (non-hydrogen) atoms. The van der Waals surface area contributed by atoms with Gasteiger partial charge in [0.15, 0.2) is 0 Å². The van der Waals surface area contributed by atoms with Crippen LogP contribution in [0, 0.1) is 11.3 Å². The molecule has 4 aliphatic rings. The summed E-state index contributed by atoms with van der Waals surface area (Å²) in [4.78, 5) is 6.61. The van der Waals surface area contributed by atoms with Crippen LogP contribution in [0.3, 0.4) is 0 Å². The number of alkyl halides is 1. The second kappa shape index (κ2) is 9.36. The Morgan fingerprint density at radius 1 is 1.14 bits per heavy atom. The molecule has 3 heterocycles. The number of benzene rings is 1. The summed E-state index contributed by atoms with van der Waals surface area (Å²) in [5, 5.41) is 2.50. The molecule has 3 unspecified atom stereocenters. The molecule has 0 N–H and O–H groups in total. The fourth-order valence-corrected chi connectivity index (χ4v) is 8.26. The monoisotopic (exact) mass is 488 g/mol. The highest BCUT2D eigenvalue weighted by Crippen LogP contribution is 2.60. The van der Waals surface area contributed by atoms with Crippen LogP contribution in [0.1, 0.15) is 76.7 Å². The van der Waals surface area contributed by atoms with Gasteiger partial charge in [-0.2, -0.15) is 0 Å². The highest BCUT2D eigenvalue weighted by molar-refractivity contribution is 5.82. The fraction of sp³-hybridized carbons (Fsp3) is 0.594. The SMILES string of the molecule is CC1=CCC2(C)C(c3ccc4ccncc4c3)CC[C@H]2[C@@H]2CC[C@]3(CC(N(C)CCF)CCC3=C1)O2. The van der Waals surface area contributed by atoms with Crippen LogP contribution in [0.5, 0.6) is 0 Å². The van der Waals surface area contributed by atoms with Crippen molar-refractivity contribution >= 4 is 10.8 Å². The standard InChI is InChI=1S/C32H41FN2O/c1-22-10-13-31(2)28(24-5-4-23-12-16-34-21-25(23)19-24)8-9-29(31)30-11-14-32(36-30)20-27(35(3)17-15-33)7-6-26(32)18-22/h4-5,10,12,16,18-19,21,27-30H,6-9,11,13-15,17,20H2,1-3H3/t27?,28?,29-,30-,31?,32+/m0/s1. The number of halogens is 1. The van der Waals surface area contributed by atoms with Crippen molar-refractivity contribution in [1.82, 2.24) is 9.88 Å². The number of rotatable bonds is 4. The van der Waals surface area contributed by atoms with E-state index in [1.807, 2.05) is 12.4 Å². The summed E-state index contributed by atoms with van der Waals surface area (Å²) in [6.07, 6.45) is 18.1. The van der Waals surface area contributed by atoms with Crippen molar-refractivity contribution in [2.24, 2.45) is 11.3 Å². The molecule has 0 amide bonds. The Balaban J connectivity index is 1.35. The first-order valence-electron chi connectivity index (χ1n) is 14.1. The van der Waals surface area contributed by atoms with E-state index in [4.69, 9.17) is 4.74 Å². The van der Waals surface area contributed by atoms with Crippen molar-refractivity contribution < 1.29 is 9.13 Å². The average Bonchev–Trinajstić information content (AvgIpc) is 3.45. The number of hydrogen-bond acceptors (Lipinski definition) is 3. The van der Waals surface area contributed by atoms with Crippen molar-refractivity contribution in [3.8, 4) is 0 Å². The predicted molar refractivity (Wildman–Crippen MR) is 145 cm³/mol. The summed E-state index contributed by atoms with van der Waals surface area (Å²) < 4.78 is 20.4. The van der Waals surface area contributed by atoms with E-state index in [0.717, 1.165) is 38.5 Å². The smallest absolute Gasteiger partial charge is 0.102 e. The summed E-state index contributed by atoms with van der Waals surface area (Å²) in [5.41, 5.74) is 4.32. The van der Waals surface area contributed by atoms with Crippen molar-refractivity contribution in [3.63, 3.8) is 0 Å². The molecule has 6 atom stereocenters. The highest BCUT2D eigenvalue weighted by atomic mass is 19.1. The molecule has 1 aromatic carbocycles. The van der Waals surface area contributed by atoms with Gasteiger partial charge in [0.25, 0.3) is 0 Å². The Hall–Kier alpha value is -2.04. The van der Waals surface area contributed by atoms with Gasteiger partial charge in [-0.05, 0) is 111 Å². The zero-order chi connectivity index (χ0) is 24.9. The van der Waals surface area contributed by atoms with Crippen LogP contribution < -0.4 is 0 Å². The Labute approximate surface area is 215 Å². The second-order valence-corrected chi connectivity index (χ2v) is 12.3. The maximum absolute atomic E-state index is 13.1. The lowest BCUT2D eigenvalue weighted by Gasteiger charge is -2.45. The number of nitrogens with zero attached hydrogens (tertiary/aromatic N) is 2. The van der Waals surface area contributed by atoms with Crippen molar-refractivity contribution in [1.29, 1.82) is 0 Å². The third-order valence-corrected chi connectivity index (χ3v) is 10.4. The van der Waals surface area contributed by atoms with E-state index in [-0.39, 0.29) is 17.7 Å². The summed E-state index contributed by atoms with van der Waals surface area (Å²) >= 11 is 0. The summed E-state index contributed by atoms with van der Waals surface area (Å²) in [6.45, 7) is 5.05. The molecular weight excluding hydrogens is 447 g/mol. The topological polar surface area (TPSA) is 25.4 Å². The first kappa shape index (κ1) is 24.3. The number of hydrogen-bond donors (Lipinski definition) is 0. The third kappa shape index (κ3) is 4.05. The van der Waals surface area contributed by atoms with Crippen molar-refractivity contribution in [2.45, 2.75) is 88.9 Å². The van der Waals surface area contributed by atoms with Gasteiger partial charge >= 0.3 is 0 Å². The van der Waals surface area contributed by atoms with Gasteiger partial charge in [0, 0.05) is 30.4 Å². The van der Waals surface area contributed by atoms with Crippen LogP contribution in [0.25, 0.3) is 10.8 Å². The molecule has 6 rings (SSSR count). The Kier molecular flexibility index (Phi) is 6.32. The van der Waals surface area contributed by atoms with E-state index in [2.05, 4.69) is 67.2 Å². The quantitative estimate of drug-likeness (QED) is 0.449. The van der Waals surface area contributed by atoms with Crippen LogP contribution >= 0.6 is 0 Å². The van der Waals surface area contributed by atoms with Gasteiger partial charge in [0.1, 0.15) is 6.67 Å². The average molecular weight is 489 g/mol. The van der Waals surface area contributed by atoms with Crippen molar-refractivity contribution in [3.05, 3.63) is 65.5 Å². The number of ether oxygens (including phenoxy) is 1. The maximum Gasteiger partial charge on any atom is 0.102 e. The van der Waals surface area contributed by atoms with E-state index < -0.39 is 0 Å². The molecule has 1 aromatic heterocycles. The van der Waals surface area contributed by atoms with Crippen LogP contribution in [-0.2, 0) is 4.74 Å². The Morgan fingerprint density at radius 3 is 2.89 bits per heavy atom.